The second-order valence-electron chi connectivity index (χ2n) is 3.83. The SMILES string of the molecule is ClC(Cl)=CCNC1CC2CC2C1. The molecule has 68 valence electrons. The number of rotatable bonds is 3. The minimum Gasteiger partial charge on any atom is -0.310 e. The molecule has 0 radical (unpaired) electrons. The van der Waals surface area contributed by atoms with Crippen LogP contribution < -0.4 is 5.32 Å². The Morgan fingerprint density at radius 2 is 1.92 bits per heavy atom. The maximum atomic E-state index is 5.49. The molecule has 0 aromatic rings. The zero-order valence-corrected chi connectivity index (χ0v) is 8.41. The summed E-state index contributed by atoms with van der Waals surface area (Å²) in [6, 6.07) is 0.720. The first kappa shape index (κ1) is 8.86. The molecule has 0 amide bonds. The smallest absolute Gasteiger partial charge is 0.104 e. The maximum absolute atomic E-state index is 5.49. The molecule has 0 aromatic heterocycles. The van der Waals surface area contributed by atoms with E-state index in [1.165, 1.54) is 19.3 Å². The van der Waals surface area contributed by atoms with Crippen LogP contribution in [0.15, 0.2) is 10.6 Å². The molecule has 1 nitrogen and oxygen atoms in total. The van der Waals surface area contributed by atoms with E-state index in [0.29, 0.717) is 4.49 Å². The van der Waals surface area contributed by atoms with Gasteiger partial charge in [-0.1, -0.05) is 23.2 Å². The summed E-state index contributed by atoms with van der Waals surface area (Å²) in [5.74, 6) is 2.08. The molecule has 2 rings (SSSR count). The summed E-state index contributed by atoms with van der Waals surface area (Å²) in [5, 5.41) is 3.43. The first-order valence-electron chi connectivity index (χ1n) is 4.50. The third-order valence-electron chi connectivity index (χ3n) is 2.91. The molecule has 0 bridgehead atoms. The molecule has 0 saturated heterocycles. The lowest BCUT2D eigenvalue weighted by Gasteiger charge is -2.11. The topological polar surface area (TPSA) is 12.0 Å². The highest BCUT2D eigenvalue weighted by Crippen LogP contribution is 2.51. The van der Waals surface area contributed by atoms with Gasteiger partial charge in [0.2, 0.25) is 0 Å². The predicted octanol–water partition coefficient (Wildman–Crippen LogP) is 2.69. The molecule has 2 atom stereocenters. The lowest BCUT2D eigenvalue weighted by molar-refractivity contribution is 0.505. The van der Waals surface area contributed by atoms with Gasteiger partial charge in [-0.15, -0.1) is 0 Å². The zero-order valence-electron chi connectivity index (χ0n) is 6.89. The Morgan fingerprint density at radius 3 is 2.50 bits per heavy atom. The van der Waals surface area contributed by atoms with Crippen molar-refractivity contribution in [2.45, 2.75) is 25.3 Å². The molecule has 1 N–H and O–H groups in total. The molecular formula is C9H13Cl2N. The summed E-state index contributed by atoms with van der Waals surface area (Å²) in [6.07, 6.45) is 6.01. The molecule has 0 aliphatic heterocycles. The summed E-state index contributed by atoms with van der Waals surface area (Å²) in [4.78, 5) is 0. The van der Waals surface area contributed by atoms with Gasteiger partial charge < -0.3 is 5.32 Å². The van der Waals surface area contributed by atoms with Gasteiger partial charge in [0.1, 0.15) is 4.49 Å². The van der Waals surface area contributed by atoms with Crippen molar-refractivity contribution in [1.82, 2.24) is 5.32 Å². The van der Waals surface area contributed by atoms with Crippen LogP contribution in [0.25, 0.3) is 0 Å². The lowest BCUT2D eigenvalue weighted by atomic mass is 10.1. The standard InChI is InChI=1S/C9H13Cl2N/c10-9(11)1-2-12-8-4-6-3-7(6)5-8/h1,6-8,12H,2-5H2. The minimum absolute atomic E-state index is 0.366. The fraction of sp³-hybridized carbons (Fsp3) is 0.778. The second kappa shape index (κ2) is 3.57. The van der Waals surface area contributed by atoms with Crippen molar-refractivity contribution in [3.8, 4) is 0 Å². The summed E-state index contributed by atoms with van der Waals surface area (Å²) < 4.78 is 0.366. The van der Waals surface area contributed by atoms with Crippen molar-refractivity contribution in [3.05, 3.63) is 10.6 Å². The van der Waals surface area contributed by atoms with E-state index >= 15 is 0 Å². The predicted molar refractivity (Wildman–Crippen MR) is 52.4 cm³/mol. The summed E-state index contributed by atoms with van der Waals surface area (Å²) >= 11 is 11.0. The highest BCUT2D eigenvalue weighted by molar-refractivity contribution is 6.55. The molecule has 2 saturated carbocycles. The highest BCUT2D eigenvalue weighted by atomic mass is 35.5. The Kier molecular flexibility index (Phi) is 2.63. The normalized spacial score (nSPS) is 37.7. The van der Waals surface area contributed by atoms with E-state index in [1.807, 2.05) is 6.08 Å². The number of hydrogen-bond acceptors (Lipinski definition) is 1. The third kappa shape index (κ3) is 2.15. The molecule has 0 aromatic carbocycles. The Hall–Kier alpha value is 0.280. The van der Waals surface area contributed by atoms with Gasteiger partial charge in [0.05, 0.1) is 0 Å². The second-order valence-corrected chi connectivity index (χ2v) is 4.83. The average Bonchev–Trinajstić information content (AvgIpc) is 2.59. The summed E-state index contributed by atoms with van der Waals surface area (Å²) in [5.41, 5.74) is 0. The highest BCUT2D eigenvalue weighted by Gasteiger charge is 2.45. The van der Waals surface area contributed by atoms with Gasteiger partial charge >= 0.3 is 0 Å². The average molecular weight is 206 g/mol. The Balaban J connectivity index is 1.65. The van der Waals surface area contributed by atoms with E-state index in [4.69, 9.17) is 23.2 Å². The van der Waals surface area contributed by atoms with E-state index in [2.05, 4.69) is 5.32 Å². The van der Waals surface area contributed by atoms with Gasteiger partial charge in [-0.25, -0.2) is 0 Å². The van der Waals surface area contributed by atoms with Gasteiger partial charge in [0, 0.05) is 12.6 Å². The van der Waals surface area contributed by atoms with Crippen LogP contribution in [-0.2, 0) is 0 Å². The molecule has 2 aliphatic rings. The molecule has 0 heterocycles. The van der Waals surface area contributed by atoms with Crippen LogP contribution in [0.5, 0.6) is 0 Å². The first-order valence-corrected chi connectivity index (χ1v) is 5.26. The Bertz CT molecular complexity index is 189. The Labute approximate surface area is 83.1 Å². The number of fused-ring (bicyclic) bond motifs is 1. The van der Waals surface area contributed by atoms with Crippen molar-refractivity contribution >= 4 is 23.2 Å². The van der Waals surface area contributed by atoms with E-state index in [1.54, 1.807) is 0 Å². The van der Waals surface area contributed by atoms with Crippen molar-refractivity contribution in [3.63, 3.8) is 0 Å². The van der Waals surface area contributed by atoms with Gasteiger partial charge in [-0.2, -0.15) is 0 Å². The van der Waals surface area contributed by atoms with Crippen LogP contribution in [0.2, 0.25) is 0 Å². The number of hydrogen-bond donors (Lipinski definition) is 1. The fourth-order valence-corrected chi connectivity index (χ4v) is 2.34. The van der Waals surface area contributed by atoms with Crippen molar-refractivity contribution in [2.75, 3.05) is 6.54 Å². The maximum Gasteiger partial charge on any atom is 0.104 e. The van der Waals surface area contributed by atoms with Gasteiger partial charge in [-0.3, -0.25) is 0 Å². The zero-order chi connectivity index (χ0) is 8.55. The minimum atomic E-state index is 0.366. The van der Waals surface area contributed by atoms with Crippen LogP contribution in [0, 0.1) is 11.8 Å². The molecule has 3 heteroatoms. The van der Waals surface area contributed by atoms with E-state index < -0.39 is 0 Å². The molecule has 2 aliphatic carbocycles. The van der Waals surface area contributed by atoms with Crippen LogP contribution in [0.1, 0.15) is 19.3 Å². The van der Waals surface area contributed by atoms with E-state index in [0.717, 1.165) is 24.4 Å². The van der Waals surface area contributed by atoms with Crippen LogP contribution in [-0.4, -0.2) is 12.6 Å². The van der Waals surface area contributed by atoms with Crippen LogP contribution >= 0.6 is 23.2 Å². The van der Waals surface area contributed by atoms with E-state index in [-0.39, 0.29) is 0 Å². The first-order chi connectivity index (χ1) is 5.75. The van der Waals surface area contributed by atoms with Gasteiger partial charge in [0.15, 0.2) is 0 Å². The van der Waals surface area contributed by atoms with Crippen LogP contribution in [0.3, 0.4) is 0 Å². The van der Waals surface area contributed by atoms with Crippen LogP contribution in [0.4, 0.5) is 0 Å². The van der Waals surface area contributed by atoms with E-state index in [9.17, 15) is 0 Å². The van der Waals surface area contributed by atoms with Crippen molar-refractivity contribution < 1.29 is 0 Å². The molecule has 2 unspecified atom stereocenters. The third-order valence-corrected chi connectivity index (χ3v) is 3.22. The molecule has 12 heavy (non-hydrogen) atoms. The summed E-state index contributed by atoms with van der Waals surface area (Å²) in [7, 11) is 0. The largest absolute Gasteiger partial charge is 0.310 e. The summed E-state index contributed by atoms with van der Waals surface area (Å²) in [6.45, 7) is 0.812. The van der Waals surface area contributed by atoms with Gasteiger partial charge in [-0.05, 0) is 37.2 Å². The Morgan fingerprint density at radius 1 is 1.25 bits per heavy atom. The number of halogens is 2. The quantitative estimate of drug-likeness (QED) is 0.748. The molecule has 0 spiro atoms. The van der Waals surface area contributed by atoms with Crippen molar-refractivity contribution in [2.24, 2.45) is 11.8 Å². The fourth-order valence-electron chi connectivity index (χ4n) is 2.18. The molecule has 2 fully saturated rings. The monoisotopic (exact) mass is 205 g/mol. The lowest BCUT2D eigenvalue weighted by Crippen LogP contribution is -2.27. The number of nitrogens with one attached hydrogen (secondary N) is 1. The molecular weight excluding hydrogens is 193 g/mol. The van der Waals surface area contributed by atoms with Crippen molar-refractivity contribution in [1.29, 1.82) is 0 Å². The van der Waals surface area contributed by atoms with Gasteiger partial charge in [0.25, 0.3) is 0 Å².